The maximum atomic E-state index is 5.90. The molecule has 2 aromatic rings. The van der Waals surface area contributed by atoms with E-state index >= 15 is 0 Å². The van der Waals surface area contributed by atoms with Gasteiger partial charge in [0.1, 0.15) is 11.5 Å². The molecule has 2 N–H and O–H groups in total. The van der Waals surface area contributed by atoms with E-state index in [9.17, 15) is 0 Å². The van der Waals surface area contributed by atoms with Gasteiger partial charge in [-0.15, -0.1) is 0 Å². The van der Waals surface area contributed by atoms with Crippen LogP contribution in [0.2, 0.25) is 0 Å². The summed E-state index contributed by atoms with van der Waals surface area (Å²) >= 11 is 0. The third-order valence-electron chi connectivity index (χ3n) is 3.14. The lowest BCUT2D eigenvalue weighted by molar-refractivity contribution is 0.475. The van der Waals surface area contributed by atoms with Crippen LogP contribution in [0.4, 0.5) is 0 Å². The lowest BCUT2D eigenvalue weighted by Gasteiger charge is -2.19. The van der Waals surface area contributed by atoms with Gasteiger partial charge in [0.05, 0.1) is 6.20 Å². The van der Waals surface area contributed by atoms with Gasteiger partial charge in [0, 0.05) is 6.20 Å². The predicted molar refractivity (Wildman–Crippen MR) is 82.2 cm³/mol. The van der Waals surface area contributed by atoms with Crippen molar-refractivity contribution in [3.8, 4) is 11.5 Å². The minimum atomic E-state index is 0.110. The van der Waals surface area contributed by atoms with Crippen LogP contribution in [-0.4, -0.2) is 11.5 Å². The quantitative estimate of drug-likeness (QED) is 0.922. The molecule has 1 aromatic heterocycles. The highest BCUT2D eigenvalue weighted by Gasteiger charge is 2.14. The summed E-state index contributed by atoms with van der Waals surface area (Å²) in [6, 6.07) is 10.2. The lowest BCUT2D eigenvalue weighted by atomic mass is 9.87. The molecule has 3 heteroatoms. The summed E-state index contributed by atoms with van der Waals surface area (Å²) in [5.74, 6) is 1.59. The van der Waals surface area contributed by atoms with Gasteiger partial charge in [-0.3, -0.25) is 4.98 Å². The molecule has 0 spiro atoms. The molecule has 106 valence electrons. The zero-order valence-electron chi connectivity index (χ0n) is 12.4. The fraction of sp³-hybridized carbons (Fsp3) is 0.353. The van der Waals surface area contributed by atoms with E-state index in [4.69, 9.17) is 10.5 Å². The van der Waals surface area contributed by atoms with Crippen molar-refractivity contribution in [1.29, 1.82) is 0 Å². The minimum absolute atomic E-state index is 0.110. The van der Waals surface area contributed by atoms with Crippen molar-refractivity contribution in [1.82, 2.24) is 4.98 Å². The summed E-state index contributed by atoms with van der Waals surface area (Å²) in [5.41, 5.74) is 8.02. The van der Waals surface area contributed by atoms with E-state index in [1.165, 1.54) is 5.56 Å². The molecule has 0 amide bonds. The second-order valence-electron chi connectivity index (χ2n) is 5.95. The fourth-order valence-electron chi connectivity index (χ4n) is 1.99. The van der Waals surface area contributed by atoms with E-state index in [2.05, 4.69) is 37.9 Å². The van der Waals surface area contributed by atoms with Gasteiger partial charge in [-0.1, -0.05) is 32.9 Å². The van der Waals surface area contributed by atoms with Crippen LogP contribution in [0.3, 0.4) is 0 Å². The van der Waals surface area contributed by atoms with E-state index in [-0.39, 0.29) is 5.41 Å². The molecular formula is C17H22N2O. The molecule has 0 radical (unpaired) electrons. The zero-order valence-corrected chi connectivity index (χ0v) is 12.4. The van der Waals surface area contributed by atoms with Gasteiger partial charge in [-0.25, -0.2) is 0 Å². The van der Waals surface area contributed by atoms with E-state index < -0.39 is 0 Å². The van der Waals surface area contributed by atoms with Crippen LogP contribution in [0.15, 0.2) is 42.7 Å². The number of pyridine rings is 1. The van der Waals surface area contributed by atoms with Crippen LogP contribution in [0.5, 0.6) is 11.5 Å². The smallest absolute Gasteiger partial charge is 0.145 e. The van der Waals surface area contributed by atoms with Crippen LogP contribution >= 0.6 is 0 Å². The second-order valence-corrected chi connectivity index (χ2v) is 5.95. The summed E-state index contributed by atoms with van der Waals surface area (Å²) < 4.78 is 5.90. The molecule has 0 aliphatic carbocycles. The predicted octanol–water partition coefficient (Wildman–Crippen LogP) is 3.67. The van der Waals surface area contributed by atoms with Crippen molar-refractivity contribution in [2.75, 3.05) is 6.54 Å². The summed E-state index contributed by atoms with van der Waals surface area (Å²) in [7, 11) is 0. The molecule has 1 heterocycles. The van der Waals surface area contributed by atoms with Crippen molar-refractivity contribution >= 4 is 0 Å². The molecule has 0 unspecified atom stereocenters. The summed E-state index contributed by atoms with van der Waals surface area (Å²) in [6.07, 6.45) is 4.36. The Labute approximate surface area is 120 Å². The van der Waals surface area contributed by atoms with Gasteiger partial charge in [-0.05, 0) is 47.7 Å². The van der Waals surface area contributed by atoms with Crippen LogP contribution in [-0.2, 0) is 11.8 Å². The van der Waals surface area contributed by atoms with Crippen molar-refractivity contribution < 1.29 is 4.74 Å². The van der Waals surface area contributed by atoms with Crippen molar-refractivity contribution in [2.45, 2.75) is 32.6 Å². The van der Waals surface area contributed by atoms with Gasteiger partial charge in [0.2, 0.25) is 0 Å². The van der Waals surface area contributed by atoms with Crippen molar-refractivity contribution in [3.05, 3.63) is 53.9 Å². The number of hydrogen-bond donors (Lipinski definition) is 1. The molecule has 0 aliphatic heterocycles. The van der Waals surface area contributed by atoms with Gasteiger partial charge in [0.25, 0.3) is 0 Å². The van der Waals surface area contributed by atoms with Crippen molar-refractivity contribution in [2.24, 2.45) is 5.73 Å². The highest BCUT2D eigenvalue weighted by Crippen LogP contribution is 2.28. The van der Waals surface area contributed by atoms with Crippen LogP contribution < -0.4 is 10.5 Å². The maximum Gasteiger partial charge on any atom is 0.145 e. The highest BCUT2D eigenvalue weighted by atomic mass is 16.5. The Balaban J connectivity index is 2.19. The van der Waals surface area contributed by atoms with E-state index in [1.54, 1.807) is 6.20 Å². The number of ether oxygens (including phenoxy) is 1. The molecule has 1 aromatic carbocycles. The first-order chi connectivity index (χ1) is 9.49. The third-order valence-corrected chi connectivity index (χ3v) is 3.14. The molecule has 0 aliphatic rings. The summed E-state index contributed by atoms with van der Waals surface area (Å²) in [5, 5.41) is 0. The topological polar surface area (TPSA) is 48.1 Å². The zero-order chi connectivity index (χ0) is 14.6. The maximum absolute atomic E-state index is 5.90. The lowest BCUT2D eigenvalue weighted by Crippen LogP contribution is -2.10. The Bertz CT molecular complexity index is 573. The van der Waals surface area contributed by atoms with Crippen LogP contribution in [0, 0.1) is 0 Å². The average molecular weight is 270 g/mol. The first kappa shape index (κ1) is 14.5. The number of hydrogen-bond acceptors (Lipinski definition) is 3. The largest absolute Gasteiger partial charge is 0.456 e. The standard InChI is InChI=1S/C17H22N2O/c1-17(2,3)14-5-4-6-15(10-14)20-16-9-13(7-8-18)11-19-12-16/h4-6,9-12H,7-8,18H2,1-3H3. The third kappa shape index (κ3) is 3.81. The van der Waals surface area contributed by atoms with Crippen LogP contribution in [0.25, 0.3) is 0 Å². The Morgan fingerprint density at radius 2 is 1.90 bits per heavy atom. The molecule has 0 fully saturated rings. The normalized spacial score (nSPS) is 11.4. The molecule has 3 nitrogen and oxygen atoms in total. The first-order valence-corrected chi connectivity index (χ1v) is 6.91. The average Bonchev–Trinajstić information content (AvgIpc) is 2.39. The second kappa shape index (κ2) is 6.06. The van der Waals surface area contributed by atoms with E-state index in [1.807, 2.05) is 24.4 Å². The number of nitrogens with two attached hydrogens (primary N) is 1. The molecule has 20 heavy (non-hydrogen) atoms. The van der Waals surface area contributed by atoms with Crippen molar-refractivity contribution in [3.63, 3.8) is 0 Å². The molecule has 0 saturated heterocycles. The fourth-order valence-corrected chi connectivity index (χ4v) is 1.99. The SMILES string of the molecule is CC(C)(C)c1cccc(Oc2cncc(CCN)c2)c1. The number of aromatic nitrogens is 1. The Hall–Kier alpha value is -1.87. The molecule has 0 bridgehead atoms. The van der Waals surface area contributed by atoms with Gasteiger partial charge >= 0.3 is 0 Å². The highest BCUT2D eigenvalue weighted by molar-refractivity contribution is 5.36. The van der Waals surface area contributed by atoms with Gasteiger partial charge in [0.15, 0.2) is 0 Å². The van der Waals surface area contributed by atoms with Crippen LogP contribution in [0.1, 0.15) is 31.9 Å². The monoisotopic (exact) mass is 270 g/mol. The Kier molecular flexibility index (Phi) is 4.40. The molecular weight excluding hydrogens is 248 g/mol. The Morgan fingerprint density at radius 3 is 2.60 bits per heavy atom. The van der Waals surface area contributed by atoms with Gasteiger partial charge < -0.3 is 10.5 Å². The Morgan fingerprint density at radius 1 is 1.10 bits per heavy atom. The molecule has 2 rings (SSSR count). The number of benzene rings is 1. The van der Waals surface area contributed by atoms with Gasteiger partial charge in [-0.2, -0.15) is 0 Å². The summed E-state index contributed by atoms with van der Waals surface area (Å²) in [4.78, 5) is 4.19. The number of nitrogens with zero attached hydrogens (tertiary/aromatic N) is 1. The number of rotatable bonds is 4. The first-order valence-electron chi connectivity index (χ1n) is 6.91. The van der Waals surface area contributed by atoms with E-state index in [0.29, 0.717) is 6.54 Å². The summed E-state index contributed by atoms with van der Waals surface area (Å²) in [6.45, 7) is 7.19. The minimum Gasteiger partial charge on any atom is -0.456 e. The van der Waals surface area contributed by atoms with E-state index in [0.717, 1.165) is 23.5 Å². The molecule has 0 saturated carbocycles. The molecule has 0 atom stereocenters.